The summed E-state index contributed by atoms with van der Waals surface area (Å²) >= 11 is 0. The van der Waals surface area contributed by atoms with Gasteiger partial charge in [0, 0.05) is 23.2 Å². The van der Waals surface area contributed by atoms with Crippen LogP contribution in [0.2, 0.25) is 0 Å². The van der Waals surface area contributed by atoms with Gasteiger partial charge in [-0.1, -0.05) is 166 Å². The highest BCUT2D eigenvalue weighted by molar-refractivity contribution is 5.97. The van der Waals surface area contributed by atoms with Crippen molar-refractivity contribution in [2.45, 2.75) is 84.0 Å². The second-order valence-corrected chi connectivity index (χ2v) is 18.3. The maximum Gasteiger partial charge on any atom is 0.0718 e. The van der Waals surface area contributed by atoms with Crippen LogP contribution in [0.5, 0.6) is 0 Å². The standard InChI is InChI=1S/C55H54/c1-35(39-29-31-45-41-17-7-11-21-47(41)54(2,3)51(45)33-39)53(38-27-25-37(26-28-38)36-15-5-4-6-16-36)40-30-32-46-44-20-10-14-24-50(44)55(52(46)34-40)48-22-12-8-18-42(48)43-19-9-13-23-49(43)55/h5,7-8,10-16,18,20-25,27-28,31,33-35,37,39,41,53H,4,6,9,17,19,26,29-30,32H2,1-3H3. The first-order chi connectivity index (χ1) is 27.0. The van der Waals surface area contributed by atoms with Crippen molar-refractivity contribution in [1.29, 1.82) is 0 Å². The van der Waals surface area contributed by atoms with Crippen LogP contribution in [-0.2, 0) is 5.41 Å². The highest BCUT2D eigenvalue weighted by Gasteiger charge is 2.54. The van der Waals surface area contributed by atoms with Crippen LogP contribution in [0.1, 0.15) is 101 Å². The largest absolute Gasteiger partial charge is 0.0839 e. The Balaban J connectivity index is 1.04. The predicted octanol–water partition coefficient (Wildman–Crippen LogP) is 14.0. The second kappa shape index (κ2) is 12.7. The van der Waals surface area contributed by atoms with Gasteiger partial charge in [0.1, 0.15) is 0 Å². The molecular formula is C55H54. The molecule has 55 heavy (non-hydrogen) atoms. The van der Waals surface area contributed by atoms with Gasteiger partial charge in [0.2, 0.25) is 0 Å². The summed E-state index contributed by atoms with van der Waals surface area (Å²) in [7, 11) is 0. The van der Waals surface area contributed by atoms with Gasteiger partial charge in [-0.2, -0.15) is 0 Å². The molecule has 0 aliphatic heterocycles. The number of hydrogen-bond donors (Lipinski definition) is 0. The lowest BCUT2D eigenvalue weighted by Crippen LogP contribution is -2.30. The van der Waals surface area contributed by atoms with Crippen LogP contribution in [-0.4, -0.2) is 0 Å². The van der Waals surface area contributed by atoms with E-state index in [1.54, 1.807) is 44.6 Å². The SMILES string of the molecule is CC(C1C=C2C(=CC1)C1CC=CC=C1C2(C)C)C(C1=CCC(C2=CCCC=C2)C=C1)C1=CC2=C(CC1)c1ccccc1C21C2=C(CCC=C2)c2ccccc21. The summed E-state index contributed by atoms with van der Waals surface area (Å²) in [5, 5.41) is 0. The molecule has 9 aliphatic rings. The summed E-state index contributed by atoms with van der Waals surface area (Å²) in [4.78, 5) is 0. The molecule has 6 unspecified atom stereocenters. The van der Waals surface area contributed by atoms with Gasteiger partial charge in [-0.25, -0.2) is 0 Å². The topological polar surface area (TPSA) is 0 Å². The van der Waals surface area contributed by atoms with Gasteiger partial charge in [-0.15, -0.1) is 0 Å². The van der Waals surface area contributed by atoms with Gasteiger partial charge >= 0.3 is 0 Å². The molecule has 11 rings (SSSR count). The first-order valence-electron chi connectivity index (χ1n) is 21.5. The maximum absolute atomic E-state index is 2.77. The Morgan fingerprint density at radius 3 is 2.25 bits per heavy atom. The van der Waals surface area contributed by atoms with E-state index in [0.29, 0.717) is 29.6 Å². The first-order valence-corrected chi connectivity index (χ1v) is 21.5. The fraction of sp³-hybridized carbons (Fsp3) is 0.345. The molecule has 0 aromatic heterocycles. The molecule has 1 spiro atoms. The molecule has 0 heteroatoms. The molecule has 9 aliphatic carbocycles. The lowest BCUT2D eigenvalue weighted by atomic mass is 9.64. The van der Waals surface area contributed by atoms with Crippen molar-refractivity contribution in [2.75, 3.05) is 0 Å². The van der Waals surface area contributed by atoms with Crippen molar-refractivity contribution < 1.29 is 0 Å². The number of rotatable bonds is 5. The van der Waals surface area contributed by atoms with Gasteiger partial charge < -0.3 is 0 Å². The third kappa shape index (κ3) is 4.82. The first kappa shape index (κ1) is 33.6. The van der Waals surface area contributed by atoms with E-state index >= 15 is 0 Å². The van der Waals surface area contributed by atoms with Crippen LogP contribution < -0.4 is 0 Å². The van der Waals surface area contributed by atoms with Crippen molar-refractivity contribution in [3.8, 4) is 0 Å². The van der Waals surface area contributed by atoms with E-state index in [9.17, 15) is 0 Å². The normalized spacial score (nSPS) is 30.3. The van der Waals surface area contributed by atoms with Gasteiger partial charge in [-0.3, -0.25) is 0 Å². The molecular weight excluding hydrogens is 661 g/mol. The quantitative estimate of drug-likeness (QED) is 0.289. The highest BCUT2D eigenvalue weighted by Crippen LogP contribution is 2.65. The fourth-order valence-corrected chi connectivity index (χ4v) is 12.8. The summed E-state index contributed by atoms with van der Waals surface area (Å²) in [5.74, 6) is 2.41. The van der Waals surface area contributed by atoms with Crippen LogP contribution >= 0.6 is 0 Å². The van der Waals surface area contributed by atoms with Gasteiger partial charge in [0.15, 0.2) is 0 Å². The zero-order chi connectivity index (χ0) is 36.9. The minimum Gasteiger partial charge on any atom is -0.0839 e. The molecule has 2 aromatic carbocycles. The van der Waals surface area contributed by atoms with Crippen LogP contribution in [0.15, 0.2) is 178 Å². The molecule has 0 radical (unpaired) electrons. The molecule has 0 bridgehead atoms. The Hall–Kier alpha value is -4.68. The average Bonchev–Trinajstić information content (AvgIpc) is 3.80. The number of benzene rings is 2. The molecule has 0 N–H and O–H groups in total. The predicted molar refractivity (Wildman–Crippen MR) is 231 cm³/mol. The number of fused-ring (bicyclic) bond motifs is 11. The lowest BCUT2D eigenvalue weighted by molar-refractivity contribution is 0.344. The Morgan fingerprint density at radius 1 is 0.709 bits per heavy atom. The van der Waals surface area contributed by atoms with E-state index < -0.39 is 0 Å². The Morgan fingerprint density at radius 2 is 1.49 bits per heavy atom. The van der Waals surface area contributed by atoms with E-state index in [1.165, 1.54) is 46.2 Å². The average molecular weight is 715 g/mol. The van der Waals surface area contributed by atoms with Crippen LogP contribution in [0, 0.1) is 35.0 Å². The fourth-order valence-electron chi connectivity index (χ4n) is 12.8. The summed E-state index contributed by atoms with van der Waals surface area (Å²) in [6.07, 6.45) is 45.5. The third-order valence-electron chi connectivity index (χ3n) is 15.4. The van der Waals surface area contributed by atoms with E-state index in [4.69, 9.17) is 0 Å². The lowest BCUT2D eigenvalue weighted by Gasteiger charge is -2.39. The zero-order valence-corrected chi connectivity index (χ0v) is 33.0. The molecule has 0 saturated heterocycles. The van der Waals surface area contributed by atoms with Crippen LogP contribution in [0.25, 0.3) is 11.1 Å². The van der Waals surface area contributed by atoms with Gasteiger partial charge in [0.05, 0.1) is 5.41 Å². The van der Waals surface area contributed by atoms with Crippen molar-refractivity contribution >= 4 is 11.1 Å². The van der Waals surface area contributed by atoms with Crippen LogP contribution in [0.3, 0.4) is 0 Å². The molecule has 274 valence electrons. The smallest absolute Gasteiger partial charge is 0.0718 e. The molecule has 2 aromatic rings. The third-order valence-corrected chi connectivity index (χ3v) is 15.4. The zero-order valence-electron chi connectivity index (χ0n) is 33.0. The Labute approximate surface area is 329 Å². The molecule has 6 atom stereocenters. The van der Waals surface area contributed by atoms with Crippen molar-refractivity contribution in [3.05, 3.63) is 200 Å². The van der Waals surface area contributed by atoms with Gasteiger partial charge in [-0.05, 0) is 136 Å². The Bertz CT molecular complexity index is 2390. The second-order valence-electron chi connectivity index (χ2n) is 18.3. The molecule has 1 saturated carbocycles. The van der Waals surface area contributed by atoms with E-state index in [2.05, 4.69) is 154 Å². The van der Waals surface area contributed by atoms with Crippen molar-refractivity contribution in [2.24, 2.45) is 35.0 Å². The van der Waals surface area contributed by atoms with Crippen LogP contribution in [0.4, 0.5) is 0 Å². The van der Waals surface area contributed by atoms with Crippen molar-refractivity contribution in [3.63, 3.8) is 0 Å². The summed E-state index contributed by atoms with van der Waals surface area (Å²) in [6, 6.07) is 18.9. The van der Waals surface area contributed by atoms with E-state index in [1.807, 2.05) is 0 Å². The molecule has 0 heterocycles. The summed E-state index contributed by atoms with van der Waals surface area (Å²) < 4.78 is 0. The maximum atomic E-state index is 2.77. The minimum atomic E-state index is -0.230. The monoisotopic (exact) mass is 714 g/mol. The number of hydrogen-bond acceptors (Lipinski definition) is 0. The molecule has 0 nitrogen and oxygen atoms in total. The number of allylic oxidation sites excluding steroid dienone is 24. The highest BCUT2D eigenvalue weighted by atomic mass is 14.6. The van der Waals surface area contributed by atoms with E-state index in [0.717, 1.165) is 44.9 Å². The molecule has 0 amide bonds. The summed E-state index contributed by atoms with van der Waals surface area (Å²) in [6.45, 7) is 7.58. The van der Waals surface area contributed by atoms with Crippen molar-refractivity contribution in [1.82, 2.24) is 0 Å². The van der Waals surface area contributed by atoms with E-state index in [-0.39, 0.29) is 10.8 Å². The van der Waals surface area contributed by atoms with Gasteiger partial charge in [0.25, 0.3) is 0 Å². The summed E-state index contributed by atoms with van der Waals surface area (Å²) in [5.41, 5.74) is 21.6. The molecule has 1 fully saturated rings. The minimum absolute atomic E-state index is 0.0915. The Kier molecular flexibility index (Phi) is 7.75.